The molecule has 58 heavy (non-hydrogen) atoms. The highest BCUT2D eigenvalue weighted by Crippen LogP contribution is 2.22. The summed E-state index contributed by atoms with van der Waals surface area (Å²) in [5.41, 5.74) is 3.62. The highest BCUT2D eigenvalue weighted by atomic mass is 32.2. The number of hydrogen-bond acceptors (Lipinski definition) is 8. The normalized spacial score (nSPS) is 13.1. The van der Waals surface area contributed by atoms with Crippen molar-refractivity contribution < 1.29 is 33.7 Å². The molecule has 16 heteroatoms. The van der Waals surface area contributed by atoms with E-state index in [1.807, 2.05) is 27.7 Å². The number of sulfonamides is 4. The summed E-state index contributed by atoms with van der Waals surface area (Å²) in [6, 6.07) is 26.0. The van der Waals surface area contributed by atoms with E-state index in [9.17, 15) is 33.7 Å². The standard InChI is InChI=1S/C42H56N4O8S4/c1-7-43(55(47,48)39-21-13-35(3)14-22-39)31-11-33-45(57(51,52)41-25-17-37(5)18-26-41)29-9-10-30-46(58(53,54)42-27-19-38(6)20-28-42)34-12-32-44(8-2)56(49,50)40-23-15-36(4)16-24-40/h9-10,13-28H,7-8,11-12,29-34H2,1-6H3. The van der Waals surface area contributed by atoms with Crippen LogP contribution in [0.25, 0.3) is 0 Å². The maximum Gasteiger partial charge on any atom is 0.243 e. The molecule has 4 aromatic carbocycles. The van der Waals surface area contributed by atoms with Crippen LogP contribution in [0.2, 0.25) is 0 Å². The van der Waals surface area contributed by atoms with E-state index in [1.54, 1.807) is 98.8 Å². The molecule has 0 saturated heterocycles. The fraction of sp³-hybridized carbons (Fsp3) is 0.381. The highest BCUT2D eigenvalue weighted by molar-refractivity contribution is 7.90. The number of aryl methyl sites for hydroxylation is 4. The van der Waals surface area contributed by atoms with Gasteiger partial charge in [0.1, 0.15) is 0 Å². The van der Waals surface area contributed by atoms with Gasteiger partial charge in [0.15, 0.2) is 0 Å². The van der Waals surface area contributed by atoms with Crippen LogP contribution in [0.4, 0.5) is 0 Å². The summed E-state index contributed by atoms with van der Waals surface area (Å²) in [5.74, 6) is 0. The van der Waals surface area contributed by atoms with Crippen molar-refractivity contribution in [2.75, 3.05) is 52.4 Å². The lowest BCUT2D eigenvalue weighted by atomic mass is 10.2. The van der Waals surface area contributed by atoms with Gasteiger partial charge >= 0.3 is 0 Å². The molecule has 0 fully saturated rings. The number of hydrogen-bond donors (Lipinski definition) is 0. The summed E-state index contributed by atoms with van der Waals surface area (Å²) in [6.07, 6.45) is 3.57. The molecular weight excluding hydrogens is 817 g/mol. The topological polar surface area (TPSA) is 150 Å². The second kappa shape index (κ2) is 20.5. The highest BCUT2D eigenvalue weighted by Gasteiger charge is 2.28. The molecule has 0 N–H and O–H groups in total. The van der Waals surface area contributed by atoms with Crippen molar-refractivity contribution in [1.82, 2.24) is 17.2 Å². The van der Waals surface area contributed by atoms with Crippen molar-refractivity contribution in [3.05, 3.63) is 131 Å². The largest absolute Gasteiger partial charge is 0.243 e. The Morgan fingerprint density at radius 2 is 0.569 bits per heavy atom. The molecule has 0 radical (unpaired) electrons. The van der Waals surface area contributed by atoms with Crippen LogP contribution in [0.15, 0.2) is 129 Å². The summed E-state index contributed by atoms with van der Waals surface area (Å²) in [7, 11) is -15.7. The Balaban J connectivity index is 1.55. The monoisotopic (exact) mass is 872 g/mol. The second-order valence-corrected chi connectivity index (χ2v) is 21.9. The minimum Gasteiger partial charge on any atom is -0.207 e. The first-order chi connectivity index (χ1) is 27.3. The van der Waals surface area contributed by atoms with Crippen molar-refractivity contribution in [1.29, 1.82) is 0 Å². The van der Waals surface area contributed by atoms with Crippen molar-refractivity contribution in [2.45, 2.75) is 74.0 Å². The van der Waals surface area contributed by atoms with Gasteiger partial charge in [0.05, 0.1) is 19.6 Å². The third-order valence-electron chi connectivity index (χ3n) is 9.76. The minimum absolute atomic E-state index is 0.00580. The molecule has 4 rings (SSSR count). The Bertz CT molecular complexity index is 2250. The molecule has 0 bridgehead atoms. The molecule has 0 aliphatic carbocycles. The third-order valence-corrected chi connectivity index (χ3v) is 17.5. The molecule has 0 aliphatic rings. The maximum absolute atomic E-state index is 14.0. The fourth-order valence-electron chi connectivity index (χ4n) is 6.18. The zero-order valence-electron chi connectivity index (χ0n) is 34.2. The summed E-state index contributed by atoms with van der Waals surface area (Å²) in [4.78, 5) is 0.478. The molecule has 4 aromatic rings. The van der Waals surface area contributed by atoms with Gasteiger partial charge < -0.3 is 0 Å². The van der Waals surface area contributed by atoms with Crippen LogP contribution in [0.1, 0.15) is 48.9 Å². The van der Waals surface area contributed by atoms with Crippen LogP contribution in [0.3, 0.4) is 0 Å². The van der Waals surface area contributed by atoms with E-state index in [1.165, 1.54) is 41.5 Å². The molecule has 0 aromatic heterocycles. The second-order valence-electron chi connectivity index (χ2n) is 14.2. The SMILES string of the molecule is CCN(CCCN(CC=CCN(CCCN(CC)S(=O)(=O)c1ccc(C)cc1)S(=O)(=O)c1ccc(C)cc1)S(=O)(=O)c1ccc(C)cc1)S(=O)(=O)c1ccc(C)cc1. The summed E-state index contributed by atoms with van der Waals surface area (Å²) < 4.78 is 115. The smallest absolute Gasteiger partial charge is 0.207 e. The van der Waals surface area contributed by atoms with Crippen molar-refractivity contribution >= 4 is 40.1 Å². The van der Waals surface area contributed by atoms with E-state index in [-0.39, 0.29) is 84.8 Å². The first kappa shape index (κ1) is 46.9. The first-order valence-corrected chi connectivity index (χ1v) is 25.0. The van der Waals surface area contributed by atoms with E-state index < -0.39 is 40.1 Å². The summed E-state index contributed by atoms with van der Waals surface area (Å²) >= 11 is 0. The predicted octanol–water partition coefficient (Wildman–Crippen LogP) is 6.36. The molecule has 316 valence electrons. The fourth-order valence-corrected chi connectivity index (χ4v) is 12.0. The van der Waals surface area contributed by atoms with Gasteiger partial charge in [-0.25, -0.2) is 33.7 Å². The van der Waals surface area contributed by atoms with Gasteiger partial charge in [-0.15, -0.1) is 0 Å². The first-order valence-electron chi connectivity index (χ1n) is 19.3. The molecule has 0 saturated carbocycles. The van der Waals surface area contributed by atoms with Crippen LogP contribution in [-0.2, 0) is 40.1 Å². The van der Waals surface area contributed by atoms with Crippen molar-refractivity contribution in [3.8, 4) is 0 Å². The quantitative estimate of drug-likeness (QED) is 0.0829. The predicted molar refractivity (Wildman–Crippen MR) is 229 cm³/mol. The molecule has 0 atom stereocenters. The molecule has 0 spiro atoms. The van der Waals surface area contributed by atoms with Crippen LogP contribution < -0.4 is 0 Å². The lowest BCUT2D eigenvalue weighted by Gasteiger charge is -2.25. The number of benzene rings is 4. The summed E-state index contributed by atoms with van der Waals surface area (Å²) in [5, 5.41) is 0. The van der Waals surface area contributed by atoms with Gasteiger partial charge in [-0.1, -0.05) is 96.8 Å². The minimum atomic E-state index is -4.04. The van der Waals surface area contributed by atoms with Gasteiger partial charge in [0.25, 0.3) is 0 Å². The molecular formula is C42H56N4O8S4. The maximum atomic E-state index is 14.0. The van der Waals surface area contributed by atoms with Crippen LogP contribution >= 0.6 is 0 Å². The van der Waals surface area contributed by atoms with Gasteiger partial charge in [0.2, 0.25) is 40.1 Å². The average Bonchev–Trinajstić information content (AvgIpc) is 3.18. The lowest BCUT2D eigenvalue weighted by molar-refractivity contribution is 0.375. The van der Waals surface area contributed by atoms with Gasteiger partial charge in [-0.2, -0.15) is 17.2 Å². The molecule has 0 aliphatic heterocycles. The Morgan fingerprint density at radius 1 is 0.362 bits per heavy atom. The lowest BCUT2D eigenvalue weighted by Crippen LogP contribution is -2.37. The van der Waals surface area contributed by atoms with E-state index in [0.717, 1.165) is 22.3 Å². The molecule has 0 unspecified atom stereocenters. The van der Waals surface area contributed by atoms with Crippen LogP contribution in [0, 0.1) is 27.7 Å². The van der Waals surface area contributed by atoms with E-state index in [4.69, 9.17) is 0 Å². The Morgan fingerprint density at radius 3 is 0.793 bits per heavy atom. The average molecular weight is 873 g/mol. The third kappa shape index (κ3) is 11.9. The Hall–Kier alpha value is -3.74. The number of rotatable bonds is 22. The van der Waals surface area contributed by atoms with E-state index >= 15 is 0 Å². The molecule has 0 heterocycles. The van der Waals surface area contributed by atoms with Crippen molar-refractivity contribution in [3.63, 3.8) is 0 Å². The van der Waals surface area contributed by atoms with Crippen LogP contribution in [-0.4, -0.2) is 103 Å². The Labute approximate surface area is 347 Å². The van der Waals surface area contributed by atoms with Crippen LogP contribution in [0.5, 0.6) is 0 Å². The van der Waals surface area contributed by atoms with Gasteiger partial charge in [-0.05, 0) is 89.1 Å². The van der Waals surface area contributed by atoms with E-state index in [0.29, 0.717) is 0 Å². The number of nitrogens with zero attached hydrogens (tertiary/aromatic N) is 4. The van der Waals surface area contributed by atoms with Gasteiger partial charge in [-0.3, -0.25) is 0 Å². The zero-order chi connectivity index (χ0) is 42.7. The Kier molecular flexibility index (Phi) is 16.6. The summed E-state index contributed by atoms with van der Waals surface area (Å²) in [6.45, 7) is 11.2. The zero-order valence-corrected chi connectivity index (χ0v) is 37.4. The molecule has 0 amide bonds. The van der Waals surface area contributed by atoms with Gasteiger partial charge in [0, 0.05) is 52.4 Å². The van der Waals surface area contributed by atoms with Crippen molar-refractivity contribution in [2.24, 2.45) is 0 Å². The van der Waals surface area contributed by atoms with E-state index in [2.05, 4.69) is 0 Å². The molecule has 12 nitrogen and oxygen atoms in total.